The first-order valence-corrected chi connectivity index (χ1v) is 8.16. The summed E-state index contributed by atoms with van der Waals surface area (Å²) in [6.07, 6.45) is 1.10. The van der Waals surface area contributed by atoms with Crippen LogP contribution in [0.4, 0.5) is 0 Å². The normalized spacial score (nSPS) is 18.1. The van der Waals surface area contributed by atoms with Crippen LogP contribution < -0.4 is 5.32 Å². The van der Waals surface area contributed by atoms with Crippen LogP contribution in [0.25, 0.3) is 0 Å². The number of rotatable bonds is 5. The van der Waals surface area contributed by atoms with Gasteiger partial charge in [-0.05, 0) is 51.9 Å². The third kappa shape index (κ3) is 6.16. The van der Waals surface area contributed by atoms with Crippen LogP contribution in [0.2, 0.25) is 0 Å². The van der Waals surface area contributed by atoms with Gasteiger partial charge in [0.2, 0.25) is 0 Å². The monoisotopic (exact) mass is 289 g/mol. The van der Waals surface area contributed by atoms with E-state index in [9.17, 15) is 0 Å². The highest BCUT2D eigenvalue weighted by Gasteiger charge is 2.13. The van der Waals surface area contributed by atoms with Crippen molar-refractivity contribution in [3.63, 3.8) is 0 Å². The summed E-state index contributed by atoms with van der Waals surface area (Å²) >= 11 is 0. The topological polar surface area (TPSA) is 18.5 Å². The maximum absolute atomic E-state index is 3.54. The number of nitrogens with one attached hydrogen (secondary N) is 1. The van der Waals surface area contributed by atoms with E-state index in [2.05, 4.69) is 67.2 Å². The fraction of sp³-hybridized carbons (Fsp3) is 0.667. The fourth-order valence-electron chi connectivity index (χ4n) is 2.66. The number of benzene rings is 1. The third-order valence-electron chi connectivity index (χ3n) is 4.09. The molecule has 0 saturated carbocycles. The lowest BCUT2D eigenvalue weighted by atomic mass is 10.1. The second-order valence-electron chi connectivity index (χ2n) is 7.32. The van der Waals surface area contributed by atoms with Gasteiger partial charge in [-0.1, -0.05) is 24.3 Å². The van der Waals surface area contributed by atoms with E-state index < -0.39 is 0 Å². The van der Waals surface area contributed by atoms with Gasteiger partial charge in [0.05, 0.1) is 0 Å². The van der Waals surface area contributed by atoms with Crippen molar-refractivity contribution < 1.29 is 0 Å². The quantitative estimate of drug-likeness (QED) is 0.898. The predicted octanol–water partition coefficient (Wildman–Crippen LogP) is 2.36. The van der Waals surface area contributed by atoms with Crippen molar-refractivity contribution in [3.8, 4) is 0 Å². The highest BCUT2D eigenvalue weighted by molar-refractivity contribution is 5.22. The molecule has 21 heavy (non-hydrogen) atoms. The maximum atomic E-state index is 3.54. The fourth-order valence-corrected chi connectivity index (χ4v) is 2.66. The van der Waals surface area contributed by atoms with Crippen molar-refractivity contribution in [2.75, 3.05) is 39.8 Å². The van der Waals surface area contributed by atoms with Gasteiger partial charge in [-0.3, -0.25) is 4.90 Å². The van der Waals surface area contributed by atoms with Gasteiger partial charge in [0, 0.05) is 38.3 Å². The van der Waals surface area contributed by atoms with Crippen molar-refractivity contribution >= 4 is 0 Å². The summed E-state index contributed by atoms with van der Waals surface area (Å²) < 4.78 is 0. The van der Waals surface area contributed by atoms with Crippen molar-refractivity contribution in [1.82, 2.24) is 15.1 Å². The second kappa shape index (κ2) is 7.39. The molecule has 1 aromatic rings. The van der Waals surface area contributed by atoms with Gasteiger partial charge in [0.1, 0.15) is 0 Å². The van der Waals surface area contributed by atoms with Gasteiger partial charge in [-0.2, -0.15) is 0 Å². The number of piperazine rings is 1. The SMILES string of the molecule is CN1CCN(Cc2ccc(CCNC(C)(C)C)cc2)CC1. The zero-order valence-electron chi connectivity index (χ0n) is 14.2. The van der Waals surface area contributed by atoms with E-state index >= 15 is 0 Å². The van der Waals surface area contributed by atoms with E-state index in [4.69, 9.17) is 0 Å². The van der Waals surface area contributed by atoms with E-state index in [1.807, 2.05) is 0 Å². The summed E-state index contributed by atoms with van der Waals surface area (Å²) in [5, 5.41) is 3.54. The van der Waals surface area contributed by atoms with Crippen LogP contribution in [0.5, 0.6) is 0 Å². The van der Waals surface area contributed by atoms with Gasteiger partial charge in [0.15, 0.2) is 0 Å². The molecule has 0 unspecified atom stereocenters. The molecule has 3 nitrogen and oxygen atoms in total. The molecule has 1 heterocycles. The number of hydrogen-bond acceptors (Lipinski definition) is 3. The lowest BCUT2D eigenvalue weighted by Crippen LogP contribution is -2.43. The molecule has 1 aromatic carbocycles. The van der Waals surface area contributed by atoms with E-state index in [0.717, 1.165) is 19.5 Å². The first-order valence-electron chi connectivity index (χ1n) is 8.16. The first-order chi connectivity index (χ1) is 9.92. The molecular formula is C18H31N3. The summed E-state index contributed by atoms with van der Waals surface area (Å²) in [6.45, 7) is 13.5. The summed E-state index contributed by atoms with van der Waals surface area (Å²) in [7, 11) is 2.21. The minimum absolute atomic E-state index is 0.210. The molecule has 118 valence electrons. The van der Waals surface area contributed by atoms with Crippen LogP contribution in [-0.4, -0.2) is 55.1 Å². The Kier molecular flexibility index (Phi) is 5.80. The smallest absolute Gasteiger partial charge is 0.0234 e. The Balaban J connectivity index is 1.76. The Morgan fingerprint density at radius 3 is 2.10 bits per heavy atom. The van der Waals surface area contributed by atoms with Crippen LogP contribution in [0, 0.1) is 0 Å². The first kappa shape index (κ1) is 16.5. The van der Waals surface area contributed by atoms with E-state index in [1.54, 1.807) is 0 Å². The Labute approximate surface area is 130 Å². The predicted molar refractivity (Wildman–Crippen MR) is 90.7 cm³/mol. The van der Waals surface area contributed by atoms with Gasteiger partial charge >= 0.3 is 0 Å². The van der Waals surface area contributed by atoms with Crippen LogP contribution in [-0.2, 0) is 13.0 Å². The van der Waals surface area contributed by atoms with Crippen molar-refractivity contribution in [1.29, 1.82) is 0 Å². The molecule has 1 fully saturated rings. The van der Waals surface area contributed by atoms with Crippen LogP contribution in [0.1, 0.15) is 31.9 Å². The van der Waals surface area contributed by atoms with Crippen molar-refractivity contribution in [2.24, 2.45) is 0 Å². The molecule has 1 saturated heterocycles. The average Bonchev–Trinajstić information content (AvgIpc) is 2.42. The largest absolute Gasteiger partial charge is 0.312 e. The molecule has 0 amide bonds. The zero-order chi connectivity index (χ0) is 15.3. The highest BCUT2D eigenvalue weighted by Crippen LogP contribution is 2.10. The lowest BCUT2D eigenvalue weighted by Gasteiger charge is -2.32. The number of hydrogen-bond donors (Lipinski definition) is 1. The zero-order valence-corrected chi connectivity index (χ0v) is 14.2. The molecule has 0 spiro atoms. The van der Waals surface area contributed by atoms with Crippen molar-refractivity contribution in [2.45, 2.75) is 39.3 Å². The molecule has 0 radical (unpaired) electrons. The van der Waals surface area contributed by atoms with Gasteiger partial charge in [-0.15, -0.1) is 0 Å². The van der Waals surface area contributed by atoms with E-state index in [0.29, 0.717) is 0 Å². The molecule has 1 aliphatic heterocycles. The van der Waals surface area contributed by atoms with Crippen LogP contribution in [0.15, 0.2) is 24.3 Å². The summed E-state index contributed by atoms with van der Waals surface area (Å²) in [4.78, 5) is 4.96. The minimum Gasteiger partial charge on any atom is -0.312 e. The van der Waals surface area contributed by atoms with E-state index in [1.165, 1.54) is 37.3 Å². The van der Waals surface area contributed by atoms with Gasteiger partial charge < -0.3 is 10.2 Å². The molecule has 0 aromatic heterocycles. The number of nitrogens with zero attached hydrogens (tertiary/aromatic N) is 2. The second-order valence-corrected chi connectivity index (χ2v) is 7.32. The highest BCUT2D eigenvalue weighted by atomic mass is 15.2. The summed E-state index contributed by atoms with van der Waals surface area (Å²) in [5.41, 5.74) is 3.07. The van der Waals surface area contributed by atoms with Gasteiger partial charge in [0.25, 0.3) is 0 Å². The Bertz CT molecular complexity index is 411. The standard InChI is InChI=1S/C18H31N3/c1-18(2,3)19-10-9-16-5-7-17(8-6-16)15-21-13-11-20(4)12-14-21/h5-8,19H,9-15H2,1-4H3. The minimum atomic E-state index is 0.210. The Morgan fingerprint density at radius 1 is 0.952 bits per heavy atom. The van der Waals surface area contributed by atoms with Gasteiger partial charge in [-0.25, -0.2) is 0 Å². The Hall–Kier alpha value is -0.900. The van der Waals surface area contributed by atoms with Crippen LogP contribution >= 0.6 is 0 Å². The molecule has 0 bridgehead atoms. The molecule has 0 aliphatic carbocycles. The molecule has 1 N–H and O–H groups in total. The third-order valence-corrected chi connectivity index (χ3v) is 4.09. The molecule has 0 atom stereocenters. The Morgan fingerprint density at radius 2 is 1.52 bits per heavy atom. The molecule has 1 aliphatic rings. The van der Waals surface area contributed by atoms with E-state index in [-0.39, 0.29) is 5.54 Å². The molecule has 3 heteroatoms. The van der Waals surface area contributed by atoms with Crippen molar-refractivity contribution in [3.05, 3.63) is 35.4 Å². The summed E-state index contributed by atoms with van der Waals surface area (Å²) in [5.74, 6) is 0. The molecule has 2 rings (SSSR count). The average molecular weight is 289 g/mol. The summed E-state index contributed by atoms with van der Waals surface area (Å²) in [6, 6.07) is 9.17. The lowest BCUT2D eigenvalue weighted by molar-refractivity contribution is 0.148. The maximum Gasteiger partial charge on any atom is 0.0234 e. The molecular weight excluding hydrogens is 258 g/mol. The number of likely N-dealkylation sites (N-methyl/N-ethyl adjacent to an activating group) is 1. The van der Waals surface area contributed by atoms with Crippen LogP contribution in [0.3, 0.4) is 0 Å².